The summed E-state index contributed by atoms with van der Waals surface area (Å²) in [6.45, 7) is 6.46. The van der Waals surface area contributed by atoms with E-state index in [1.165, 1.54) is 11.3 Å². The molecule has 2 aromatic rings. The van der Waals surface area contributed by atoms with E-state index in [4.69, 9.17) is 9.72 Å². The molecule has 0 spiro atoms. The lowest BCUT2D eigenvalue weighted by atomic mass is 10.00. The average molecular weight is 414 g/mol. The minimum Gasteiger partial charge on any atom is -0.378 e. The molecule has 3 heterocycles. The molecule has 2 saturated heterocycles. The number of anilines is 1. The summed E-state index contributed by atoms with van der Waals surface area (Å²) in [5.74, 6) is -0.347. The van der Waals surface area contributed by atoms with Gasteiger partial charge in [0.25, 0.3) is 5.91 Å². The summed E-state index contributed by atoms with van der Waals surface area (Å²) in [7, 11) is 0. The van der Waals surface area contributed by atoms with Crippen molar-refractivity contribution in [1.29, 1.82) is 0 Å². The maximum atomic E-state index is 12.6. The highest BCUT2D eigenvalue weighted by molar-refractivity contribution is 7.17. The Balaban J connectivity index is 1.67. The van der Waals surface area contributed by atoms with Crippen molar-refractivity contribution in [2.45, 2.75) is 25.8 Å². The van der Waals surface area contributed by atoms with Crippen molar-refractivity contribution in [3.05, 3.63) is 35.2 Å². The Bertz CT molecular complexity index is 939. The number of carbonyl (C=O) groups is 2. The maximum absolute atomic E-state index is 12.6. The predicted octanol–water partition coefficient (Wildman–Crippen LogP) is 2.70. The molecule has 2 fully saturated rings. The molecule has 8 nitrogen and oxygen atoms in total. The predicted molar refractivity (Wildman–Crippen MR) is 112 cm³/mol. The third-order valence-electron chi connectivity index (χ3n) is 5.21. The summed E-state index contributed by atoms with van der Waals surface area (Å²) in [6, 6.07) is 9.32. The molecular formula is C20H23N5O3S. The van der Waals surface area contributed by atoms with Gasteiger partial charge in [0.05, 0.1) is 30.0 Å². The highest BCUT2D eigenvalue weighted by Crippen LogP contribution is 2.32. The smallest absolute Gasteiger partial charge is 0.346 e. The Hall–Kier alpha value is -2.78. The van der Waals surface area contributed by atoms with Gasteiger partial charge in [-0.25, -0.2) is 9.78 Å². The Morgan fingerprint density at radius 3 is 2.66 bits per heavy atom. The molecular weight excluding hydrogens is 390 g/mol. The van der Waals surface area contributed by atoms with Gasteiger partial charge in [-0.15, -0.1) is 5.01 Å². The van der Waals surface area contributed by atoms with Crippen LogP contribution in [0.4, 0.5) is 9.93 Å². The van der Waals surface area contributed by atoms with Gasteiger partial charge >= 0.3 is 6.03 Å². The van der Waals surface area contributed by atoms with E-state index in [1.54, 1.807) is 13.1 Å². The van der Waals surface area contributed by atoms with Crippen LogP contribution in [-0.2, 0) is 9.53 Å². The van der Waals surface area contributed by atoms with Crippen LogP contribution in [0.5, 0.6) is 0 Å². The number of hydrogen-bond acceptors (Lipinski definition) is 7. The van der Waals surface area contributed by atoms with Gasteiger partial charge in [-0.1, -0.05) is 48.6 Å². The standard InChI is InChI=1S/C20H23N5O3S/c1-3-20(2)17(26)25(18(27)23-20)21-13-15-16(14-7-5-4-6-8-14)22-19(29-15)24-9-11-28-12-10-24/h4-8,13H,3,9-12H2,1-2H3,(H,23,27)/b21-13-/t20-/m0/s1. The van der Waals surface area contributed by atoms with Gasteiger partial charge in [0, 0.05) is 18.7 Å². The van der Waals surface area contributed by atoms with E-state index in [-0.39, 0.29) is 5.91 Å². The fourth-order valence-corrected chi connectivity index (χ4v) is 4.23. The molecule has 29 heavy (non-hydrogen) atoms. The number of nitrogens with one attached hydrogen (secondary N) is 1. The Labute approximate surface area is 173 Å². The van der Waals surface area contributed by atoms with E-state index in [0.29, 0.717) is 19.6 Å². The fraction of sp³-hybridized carbons (Fsp3) is 0.400. The van der Waals surface area contributed by atoms with E-state index < -0.39 is 11.6 Å². The first-order valence-corrected chi connectivity index (χ1v) is 10.4. The van der Waals surface area contributed by atoms with Crippen molar-refractivity contribution in [3.8, 4) is 11.3 Å². The lowest BCUT2D eigenvalue weighted by molar-refractivity contribution is -0.130. The fourth-order valence-electron chi connectivity index (χ4n) is 3.22. The van der Waals surface area contributed by atoms with E-state index in [2.05, 4.69) is 15.3 Å². The van der Waals surface area contributed by atoms with Gasteiger partial charge in [0.15, 0.2) is 5.13 Å². The topological polar surface area (TPSA) is 87.1 Å². The molecule has 1 atom stereocenters. The minimum atomic E-state index is -0.913. The number of carbonyl (C=O) groups excluding carboxylic acids is 2. The normalized spacial score (nSPS) is 22.6. The molecule has 0 bridgehead atoms. The molecule has 1 aromatic carbocycles. The van der Waals surface area contributed by atoms with Crippen molar-refractivity contribution < 1.29 is 14.3 Å². The lowest BCUT2D eigenvalue weighted by Crippen LogP contribution is -2.42. The molecule has 2 aliphatic rings. The van der Waals surface area contributed by atoms with Crippen LogP contribution in [0.3, 0.4) is 0 Å². The molecule has 1 N–H and O–H groups in total. The van der Waals surface area contributed by atoms with Crippen LogP contribution in [0, 0.1) is 0 Å². The van der Waals surface area contributed by atoms with Gasteiger partial charge in [0.1, 0.15) is 5.54 Å². The van der Waals surface area contributed by atoms with Crippen LogP contribution < -0.4 is 10.2 Å². The number of thiazole rings is 1. The van der Waals surface area contributed by atoms with Crippen LogP contribution in [0.25, 0.3) is 11.3 Å². The molecule has 2 aliphatic heterocycles. The SMILES string of the molecule is CC[C@]1(C)NC(=O)N(/N=C\c2sc(N3CCOCC3)nc2-c2ccccc2)C1=O. The van der Waals surface area contributed by atoms with Crippen LogP contribution in [0.1, 0.15) is 25.1 Å². The molecule has 0 aliphatic carbocycles. The average Bonchev–Trinajstić information content (AvgIpc) is 3.27. The number of rotatable bonds is 5. The molecule has 152 valence electrons. The van der Waals surface area contributed by atoms with Crippen molar-refractivity contribution in [2.75, 3.05) is 31.2 Å². The van der Waals surface area contributed by atoms with E-state index in [1.807, 2.05) is 37.3 Å². The lowest BCUT2D eigenvalue weighted by Gasteiger charge is -2.26. The van der Waals surface area contributed by atoms with E-state index in [9.17, 15) is 9.59 Å². The van der Waals surface area contributed by atoms with Crippen molar-refractivity contribution >= 4 is 34.6 Å². The van der Waals surface area contributed by atoms with Crippen molar-refractivity contribution in [1.82, 2.24) is 15.3 Å². The summed E-state index contributed by atoms with van der Waals surface area (Å²) in [4.78, 5) is 32.6. The van der Waals surface area contributed by atoms with Gasteiger partial charge in [-0.3, -0.25) is 4.79 Å². The summed E-state index contributed by atoms with van der Waals surface area (Å²) in [6.07, 6.45) is 2.06. The largest absolute Gasteiger partial charge is 0.378 e. The third kappa shape index (κ3) is 3.75. The van der Waals surface area contributed by atoms with Gasteiger partial charge < -0.3 is 15.0 Å². The van der Waals surface area contributed by atoms with E-state index in [0.717, 1.165) is 39.4 Å². The molecule has 0 unspecified atom stereocenters. The summed E-state index contributed by atoms with van der Waals surface area (Å²) in [5.41, 5.74) is 0.829. The zero-order valence-corrected chi connectivity index (χ0v) is 17.2. The van der Waals surface area contributed by atoms with Crippen molar-refractivity contribution in [2.24, 2.45) is 5.10 Å². The molecule has 3 amide bonds. The minimum absolute atomic E-state index is 0.347. The number of hydrogen-bond donors (Lipinski definition) is 1. The highest BCUT2D eigenvalue weighted by atomic mass is 32.1. The number of morpholine rings is 1. The first-order chi connectivity index (χ1) is 14.0. The first kappa shape index (κ1) is 19.5. The Kier molecular flexibility index (Phi) is 5.33. The number of ether oxygens (including phenoxy) is 1. The summed E-state index contributed by atoms with van der Waals surface area (Å²) in [5, 5.41) is 8.71. The van der Waals surface area contributed by atoms with Crippen molar-refractivity contribution in [3.63, 3.8) is 0 Å². The molecule has 0 saturated carbocycles. The Morgan fingerprint density at radius 2 is 2.00 bits per heavy atom. The van der Waals surface area contributed by atoms with Crippen LogP contribution in [-0.4, -0.2) is 60.0 Å². The molecule has 9 heteroatoms. The summed E-state index contributed by atoms with van der Waals surface area (Å²) < 4.78 is 5.43. The molecule has 1 aromatic heterocycles. The number of urea groups is 1. The molecule has 0 radical (unpaired) electrons. The second-order valence-corrected chi connectivity index (χ2v) is 8.16. The van der Waals surface area contributed by atoms with Crippen LogP contribution in [0.15, 0.2) is 35.4 Å². The first-order valence-electron chi connectivity index (χ1n) is 9.61. The second kappa shape index (κ2) is 7.92. The number of nitrogens with zero attached hydrogens (tertiary/aromatic N) is 4. The monoisotopic (exact) mass is 413 g/mol. The van der Waals surface area contributed by atoms with Gasteiger partial charge in [0.2, 0.25) is 0 Å². The zero-order chi connectivity index (χ0) is 20.4. The number of aromatic nitrogens is 1. The second-order valence-electron chi connectivity index (χ2n) is 7.15. The van der Waals surface area contributed by atoms with Gasteiger partial charge in [-0.2, -0.15) is 5.10 Å². The zero-order valence-electron chi connectivity index (χ0n) is 16.4. The van der Waals surface area contributed by atoms with Crippen LogP contribution in [0.2, 0.25) is 0 Å². The van der Waals surface area contributed by atoms with Gasteiger partial charge in [-0.05, 0) is 13.3 Å². The Morgan fingerprint density at radius 1 is 1.28 bits per heavy atom. The number of benzene rings is 1. The number of hydrazone groups is 1. The van der Waals surface area contributed by atoms with E-state index >= 15 is 0 Å². The number of amides is 3. The maximum Gasteiger partial charge on any atom is 0.346 e. The summed E-state index contributed by atoms with van der Waals surface area (Å²) >= 11 is 1.49. The number of imide groups is 1. The quantitative estimate of drug-likeness (QED) is 0.602. The highest BCUT2D eigenvalue weighted by Gasteiger charge is 2.46. The third-order valence-corrected chi connectivity index (χ3v) is 6.26. The molecule has 4 rings (SSSR count). The van der Waals surface area contributed by atoms with Crippen LogP contribution >= 0.6 is 11.3 Å².